The summed E-state index contributed by atoms with van der Waals surface area (Å²) in [6, 6.07) is 6.96. The fourth-order valence-corrected chi connectivity index (χ4v) is 3.67. The molecule has 3 rings (SSSR count). The van der Waals surface area contributed by atoms with Crippen LogP contribution in [0.5, 0.6) is 0 Å². The van der Waals surface area contributed by atoms with E-state index in [2.05, 4.69) is 15.3 Å². The van der Waals surface area contributed by atoms with Crippen molar-refractivity contribution in [3.05, 3.63) is 46.2 Å². The minimum absolute atomic E-state index is 0. The first-order valence-electron chi connectivity index (χ1n) is 9.19. The molecule has 2 aromatic rings. The highest BCUT2D eigenvalue weighted by Crippen LogP contribution is 2.31. The van der Waals surface area contributed by atoms with Crippen LogP contribution in [0.25, 0.3) is 0 Å². The zero-order valence-corrected chi connectivity index (χ0v) is 17.6. The summed E-state index contributed by atoms with van der Waals surface area (Å²) in [5.74, 6) is 0.562. The van der Waals surface area contributed by atoms with Gasteiger partial charge in [-0.2, -0.15) is 0 Å². The molecule has 1 aromatic carbocycles. The largest absolute Gasteiger partial charge is 0.382 e. The Labute approximate surface area is 186 Å². The molecule has 5 N–H and O–H groups in total. The van der Waals surface area contributed by atoms with Gasteiger partial charge in [-0.25, -0.2) is 9.97 Å². The van der Waals surface area contributed by atoms with Crippen LogP contribution in [0.4, 0.5) is 11.6 Å². The molecule has 0 radical (unpaired) electrons. The van der Waals surface area contributed by atoms with Crippen molar-refractivity contribution in [2.45, 2.75) is 31.8 Å². The highest BCUT2D eigenvalue weighted by molar-refractivity contribution is 6.35. The Kier molecular flexibility index (Phi) is 8.25. The van der Waals surface area contributed by atoms with Crippen LogP contribution in [0.3, 0.4) is 0 Å². The number of carbonyl (C=O) groups is 1. The lowest BCUT2D eigenvalue weighted by molar-refractivity contribution is -0.128. The maximum Gasteiger partial charge on any atom is 0.240 e. The number of carbonyl (C=O) groups excluding carboxylic acids is 1. The minimum atomic E-state index is -1.00. The third-order valence-electron chi connectivity index (χ3n) is 5.12. The van der Waals surface area contributed by atoms with Crippen LogP contribution in [0.1, 0.15) is 31.9 Å². The fraction of sp³-hybridized carbons (Fsp3) is 0.450. The Morgan fingerprint density at radius 3 is 2.50 bits per heavy atom. The lowest BCUT2D eigenvalue weighted by Gasteiger charge is -2.39. The van der Waals surface area contributed by atoms with Crippen LogP contribution in [-0.4, -0.2) is 48.2 Å². The number of nitrogens with one attached hydrogen (secondary N) is 1. The van der Waals surface area contributed by atoms with Crippen molar-refractivity contribution in [3.8, 4) is 0 Å². The third-order valence-corrected chi connectivity index (χ3v) is 5.73. The van der Waals surface area contributed by atoms with Gasteiger partial charge >= 0.3 is 0 Å². The van der Waals surface area contributed by atoms with E-state index >= 15 is 0 Å². The molecule has 164 valence electrons. The van der Waals surface area contributed by atoms with E-state index < -0.39 is 5.54 Å². The number of hydrogen-bond donors (Lipinski definition) is 3. The van der Waals surface area contributed by atoms with Crippen LogP contribution in [0.2, 0.25) is 10.0 Å². The van der Waals surface area contributed by atoms with Gasteiger partial charge in [-0.05, 0) is 30.5 Å². The third kappa shape index (κ3) is 5.31. The summed E-state index contributed by atoms with van der Waals surface area (Å²) in [6.45, 7) is 1.37. The average molecular weight is 455 g/mol. The highest BCUT2D eigenvalue weighted by Gasteiger charge is 2.39. The van der Waals surface area contributed by atoms with Gasteiger partial charge in [0.25, 0.3) is 0 Å². The molecule has 8 nitrogen and oxygen atoms in total. The van der Waals surface area contributed by atoms with Gasteiger partial charge in [-0.15, -0.1) is 0 Å². The molecule has 1 saturated heterocycles. The molecule has 30 heavy (non-hydrogen) atoms. The number of anilines is 2. The lowest BCUT2D eigenvalue weighted by Crippen LogP contribution is -2.60. The van der Waals surface area contributed by atoms with E-state index in [1.54, 1.807) is 19.2 Å². The number of nitrogen functional groups attached to an aromatic ring is 1. The second kappa shape index (κ2) is 10.3. The Balaban J connectivity index is 0.00000320. The highest BCUT2D eigenvalue weighted by atomic mass is 35.5. The molecule has 1 fully saturated rings. The Morgan fingerprint density at radius 2 is 1.90 bits per heavy atom. The lowest BCUT2D eigenvalue weighted by atomic mass is 9.87. The summed E-state index contributed by atoms with van der Waals surface area (Å²) < 4.78 is 5.27. The first kappa shape index (κ1) is 24.1. The van der Waals surface area contributed by atoms with Crippen LogP contribution in [0, 0.1) is 0 Å². The number of hydrogen-bond acceptors (Lipinski definition) is 7. The summed E-state index contributed by atoms with van der Waals surface area (Å²) in [4.78, 5) is 23.0. The van der Waals surface area contributed by atoms with E-state index in [1.165, 1.54) is 6.33 Å². The number of methoxy groups -OCH3 is 1. The van der Waals surface area contributed by atoms with Crippen LogP contribution in [-0.2, 0) is 9.53 Å². The summed E-state index contributed by atoms with van der Waals surface area (Å²) in [5, 5.41) is 3.95. The van der Waals surface area contributed by atoms with E-state index in [9.17, 15) is 4.79 Å². The van der Waals surface area contributed by atoms with Crippen molar-refractivity contribution in [2.24, 2.45) is 5.73 Å². The molecule has 1 aliphatic heterocycles. The standard InChI is InChI=1S/C19H24Cl2N6O2.CH4/c1-29-10-14(12-2-4-13(20)5-3-12)26-18(28)19(23)6-8-27(9-7-19)17-15(21)16(22)24-11-25-17;/h2-5,11,14H,6-10,23H2,1H3,(H,26,28)(H2,22,24,25);1H4/t14-;/m0./s1. The van der Waals surface area contributed by atoms with E-state index in [4.69, 9.17) is 39.4 Å². The van der Waals surface area contributed by atoms with Gasteiger partial charge in [0, 0.05) is 25.2 Å². The van der Waals surface area contributed by atoms with Gasteiger partial charge in [0.1, 0.15) is 17.2 Å². The van der Waals surface area contributed by atoms with E-state index in [0.717, 1.165) is 5.56 Å². The molecule has 1 atom stereocenters. The molecule has 2 heterocycles. The smallest absolute Gasteiger partial charge is 0.240 e. The Bertz CT molecular complexity index is 857. The van der Waals surface area contributed by atoms with Crippen molar-refractivity contribution >= 4 is 40.7 Å². The summed E-state index contributed by atoms with van der Waals surface area (Å²) in [7, 11) is 1.59. The molecule has 0 aliphatic carbocycles. The number of rotatable bonds is 6. The van der Waals surface area contributed by atoms with Crippen LogP contribution < -0.4 is 21.7 Å². The number of nitrogens with zero attached hydrogens (tertiary/aromatic N) is 3. The number of nitrogens with two attached hydrogens (primary N) is 2. The second-order valence-corrected chi connectivity index (χ2v) is 7.89. The van der Waals surface area contributed by atoms with Gasteiger partial charge < -0.3 is 26.4 Å². The second-order valence-electron chi connectivity index (χ2n) is 7.07. The van der Waals surface area contributed by atoms with Crippen molar-refractivity contribution in [2.75, 3.05) is 37.4 Å². The normalized spacial score (nSPS) is 16.5. The molecule has 1 amide bonds. The van der Waals surface area contributed by atoms with E-state index in [-0.39, 0.29) is 25.2 Å². The zero-order chi connectivity index (χ0) is 21.0. The summed E-state index contributed by atoms with van der Waals surface area (Å²) in [6.07, 6.45) is 2.26. The Hall–Kier alpha value is -2.13. The molecular weight excluding hydrogens is 427 g/mol. The molecule has 1 aromatic heterocycles. The number of aromatic nitrogens is 2. The van der Waals surface area contributed by atoms with Crippen LogP contribution in [0.15, 0.2) is 30.6 Å². The average Bonchev–Trinajstić information content (AvgIpc) is 2.71. The molecule has 0 unspecified atom stereocenters. The predicted octanol–water partition coefficient (Wildman–Crippen LogP) is 2.80. The minimum Gasteiger partial charge on any atom is -0.382 e. The number of halogens is 2. The molecule has 1 aliphatic rings. The van der Waals surface area contributed by atoms with Crippen molar-refractivity contribution in [1.29, 1.82) is 0 Å². The maximum absolute atomic E-state index is 13.0. The zero-order valence-electron chi connectivity index (χ0n) is 16.1. The van der Waals surface area contributed by atoms with Crippen molar-refractivity contribution in [3.63, 3.8) is 0 Å². The summed E-state index contributed by atoms with van der Waals surface area (Å²) >= 11 is 12.2. The Morgan fingerprint density at radius 1 is 1.27 bits per heavy atom. The molecule has 0 bridgehead atoms. The van der Waals surface area contributed by atoms with Gasteiger partial charge in [0.05, 0.1) is 18.2 Å². The molecule has 0 spiro atoms. The fourth-order valence-electron chi connectivity index (χ4n) is 3.32. The van der Waals surface area contributed by atoms with Crippen molar-refractivity contribution in [1.82, 2.24) is 15.3 Å². The number of benzene rings is 1. The topological polar surface area (TPSA) is 119 Å². The SMILES string of the molecule is C.COC[C@H](NC(=O)C1(N)CCN(c2ncnc(N)c2Cl)CC1)c1ccc(Cl)cc1. The predicted molar refractivity (Wildman–Crippen MR) is 121 cm³/mol. The summed E-state index contributed by atoms with van der Waals surface area (Å²) in [5.41, 5.74) is 12.1. The number of ether oxygens (including phenoxy) is 1. The molecule has 10 heteroatoms. The van der Waals surface area contributed by atoms with Crippen molar-refractivity contribution < 1.29 is 9.53 Å². The first-order valence-corrected chi connectivity index (χ1v) is 9.95. The maximum atomic E-state index is 13.0. The quantitative estimate of drug-likeness (QED) is 0.613. The van der Waals surface area contributed by atoms with Gasteiger partial charge in [0.2, 0.25) is 5.91 Å². The first-order chi connectivity index (χ1) is 13.8. The van der Waals surface area contributed by atoms with E-state index in [0.29, 0.717) is 48.4 Å². The van der Waals surface area contributed by atoms with Crippen LogP contribution >= 0.6 is 23.2 Å². The van der Waals surface area contributed by atoms with E-state index in [1.807, 2.05) is 17.0 Å². The monoisotopic (exact) mass is 454 g/mol. The molecular formula is C20H28Cl2N6O2. The van der Waals surface area contributed by atoms with Gasteiger partial charge in [0.15, 0.2) is 5.82 Å². The number of amides is 1. The van der Waals surface area contributed by atoms with Gasteiger partial charge in [-0.3, -0.25) is 4.79 Å². The number of piperidine rings is 1. The molecule has 0 saturated carbocycles. The van der Waals surface area contributed by atoms with Gasteiger partial charge in [-0.1, -0.05) is 42.8 Å².